The maximum atomic E-state index is 11.2. The molecule has 4 heteroatoms. The Hall–Kier alpha value is -0.870. The second-order valence-electron chi connectivity index (χ2n) is 4.61. The molecule has 0 saturated carbocycles. The van der Waals surface area contributed by atoms with E-state index in [1.807, 2.05) is 19.9 Å². The summed E-state index contributed by atoms with van der Waals surface area (Å²) in [5, 5.41) is 5.47. The Morgan fingerprint density at radius 2 is 2.31 bits per heavy atom. The fourth-order valence-electron chi connectivity index (χ4n) is 1.40. The van der Waals surface area contributed by atoms with Crippen molar-refractivity contribution >= 4 is 17.2 Å². The third-order valence-corrected chi connectivity index (χ3v) is 3.74. The quantitative estimate of drug-likeness (QED) is 0.801. The van der Waals surface area contributed by atoms with Crippen LogP contribution in [0.15, 0.2) is 17.5 Å². The Labute approximate surface area is 101 Å². The smallest absolute Gasteiger partial charge is 0.224 e. The number of carbonyl (C=O) groups excluding carboxylic acids is 1. The molecule has 0 aliphatic rings. The summed E-state index contributed by atoms with van der Waals surface area (Å²) in [6.45, 7) is 6.47. The molecular weight excluding hydrogens is 220 g/mol. The van der Waals surface area contributed by atoms with E-state index in [0.29, 0.717) is 12.6 Å². The van der Waals surface area contributed by atoms with Crippen LogP contribution < -0.4 is 11.1 Å². The lowest BCUT2D eigenvalue weighted by molar-refractivity contribution is -0.125. The lowest BCUT2D eigenvalue weighted by atomic mass is 9.92. The van der Waals surface area contributed by atoms with E-state index in [2.05, 4.69) is 23.7 Å². The SMILES string of the molecule is CCC(NCC(C)(C)C(N)=O)c1cccs1. The highest BCUT2D eigenvalue weighted by atomic mass is 32.1. The molecule has 1 heterocycles. The van der Waals surface area contributed by atoms with Crippen LogP contribution in [0.2, 0.25) is 0 Å². The van der Waals surface area contributed by atoms with Crippen molar-refractivity contribution in [3.05, 3.63) is 22.4 Å². The zero-order valence-electron chi connectivity index (χ0n) is 10.1. The minimum Gasteiger partial charge on any atom is -0.369 e. The van der Waals surface area contributed by atoms with Gasteiger partial charge in [0.05, 0.1) is 5.41 Å². The van der Waals surface area contributed by atoms with Crippen LogP contribution in [-0.2, 0) is 4.79 Å². The first-order valence-electron chi connectivity index (χ1n) is 5.54. The predicted molar refractivity (Wildman–Crippen MR) is 68.3 cm³/mol. The molecule has 16 heavy (non-hydrogen) atoms. The molecule has 3 N–H and O–H groups in total. The maximum absolute atomic E-state index is 11.2. The first-order valence-corrected chi connectivity index (χ1v) is 6.42. The molecule has 0 fully saturated rings. The summed E-state index contributed by atoms with van der Waals surface area (Å²) >= 11 is 1.74. The second kappa shape index (κ2) is 5.46. The minimum atomic E-state index is -0.495. The number of thiophene rings is 1. The molecular formula is C12H20N2OS. The molecule has 90 valence electrons. The molecule has 0 aliphatic heterocycles. The summed E-state index contributed by atoms with van der Waals surface area (Å²) in [7, 11) is 0. The summed E-state index contributed by atoms with van der Waals surface area (Å²) in [6.07, 6.45) is 1.01. The van der Waals surface area contributed by atoms with E-state index in [1.165, 1.54) is 4.88 Å². The maximum Gasteiger partial charge on any atom is 0.224 e. The molecule has 1 aromatic heterocycles. The molecule has 0 aromatic carbocycles. The van der Waals surface area contributed by atoms with Gasteiger partial charge in [0.15, 0.2) is 0 Å². The summed E-state index contributed by atoms with van der Waals surface area (Å²) in [5.41, 5.74) is 4.84. The normalized spacial score (nSPS) is 13.7. The van der Waals surface area contributed by atoms with Gasteiger partial charge in [-0.2, -0.15) is 0 Å². The first kappa shape index (κ1) is 13.2. The van der Waals surface area contributed by atoms with Crippen LogP contribution >= 0.6 is 11.3 Å². The molecule has 3 nitrogen and oxygen atoms in total. The van der Waals surface area contributed by atoms with Gasteiger partial charge >= 0.3 is 0 Å². The van der Waals surface area contributed by atoms with E-state index in [1.54, 1.807) is 11.3 Å². The Morgan fingerprint density at radius 3 is 2.75 bits per heavy atom. The average Bonchev–Trinajstić information content (AvgIpc) is 2.71. The van der Waals surface area contributed by atoms with Crippen molar-refractivity contribution in [1.82, 2.24) is 5.32 Å². The van der Waals surface area contributed by atoms with Crippen LogP contribution in [0.5, 0.6) is 0 Å². The highest BCUT2D eigenvalue weighted by Crippen LogP contribution is 2.23. The van der Waals surface area contributed by atoms with Gasteiger partial charge in [0.1, 0.15) is 0 Å². The Morgan fingerprint density at radius 1 is 1.62 bits per heavy atom. The van der Waals surface area contributed by atoms with Crippen LogP contribution in [0.3, 0.4) is 0 Å². The minimum absolute atomic E-state index is 0.263. The summed E-state index contributed by atoms with van der Waals surface area (Å²) in [4.78, 5) is 12.5. The summed E-state index contributed by atoms with van der Waals surface area (Å²) in [6, 6.07) is 4.48. The molecule has 0 bridgehead atoms. The Kier molecular flexibility index (Phi) is 4.50. The molecule has 1 atom stereocenters. The number of amides is 1. The molecule has 1 unspecified atom stereocenters. The van der Waals surface area contributed by atoms with E-state index < -0.39 is 5.41 Å². The first-order chi connectivity index (χ1) is 7.47. The molecule has 1 rings (SSSR count). The van der Waals surface area contributed by atoms with E-state index in [-0.39, 0.29) is 5.91 Å². The van der Waals surface area contributed by atoms with Crippen LogP contribution in [0.1, 0.15) is 38.1 Å². The number of nitrogens with one attached hydrogen (secondary N) is 1. The number of primary amides is 1. The van der Waals surface area contributed by atoms with Gasteiger partial charge < -0.3 is 11.1 Å². The third kappa shape index (κ3) is 3.32. The van der Waals surface area contributed by atoms with Crippen molar-refractivity contribution in [1.29, 1.82) is 0 Å². The monoisotopic (exact) mass is 240 g/mol. The van der Waals surface area contributed by atoms with Crippen molar-refractivity contribution in [2.45, 2.75) is 33.2 Å². The van der Waals surface area contributed by atoms with Crippen LogP contribution in [-0.4, -0.2) is 12.5 Å². The number of carbonyl (C=O) groups is 1. The summed E-state index contributed by atoms with van der Waals surface area (Å²) < 4.78 is 0. The standard InChI is InChI=1S/C12H20N2OS/c1-4-9(10-6-5-7-16-10)14-8-12(2,3)11(13)15/h5-7,9,14H,4,8H2,1-3H3,(H2,13,15). The van der Waals surface area contributed by atoms with E-state index in [4.69, 9.17) is 5.73 Å². The van der Waals surface area contributed by atoms with E-state index in [9.17, 15) is 4.79 Å². The zero-order valence-corrected chi connectivity index (χ0v) is 10.9. The number of rotatable bonds is 6. The van der Waals surface area contributed by atoms with Crippen molar-refractivity contribution in [2.75, 3.05) is 6.54 Å². The molecule has 0 radical (unpaired) electrons. The number of nitrogens with two attached hydrogens (primary N) is 1. The second-order valence-corrected chi connectivity index (χ2v) is 5.58. The summed E-state index contributed by atoms with van der Waals surface area (Å²) in [5.74, 6) is -0.263. The predicted octanol–water partition coefficient (Wildman–Crippen LogP) is 2.30. The van der Waals surface area contributed by atoms with Gasteiger partial charge in [-0.15, -0.1) is 11.3 Å². The van der Waals surface area contributed by atoms with Crippen molar-refractivity contribution in [3.63, 3.8) is 0 Å². The molecule has 1 aromatic rings. The molecule has 0 aliphatic carbocycles. The van der Waals surface area contributed by atoms with Crippen molar-refractivity contribution < 1.29 is 4.79 Å². The number of hydrogen-bond acceptors (Lipinski definition) is 3. The number of hydrogen-bond donors (Lipinski definition) is 2. The van der Waals surface area contributed by atoms with E-state index >= 15 is 0 Å². The highest BCUT2D eigenvalue weighted by Gasteiger charge is 2.25. The third-order valence-electron chi connectivity index (χ3n) is 2.75. The van der Waals surface area contributed by atoms with Gasteiger partial charge in [0.2, 0.25) is 5.91 Å². The highest BCUT2D eigenvalue weighted by molar-refractivity contribution is 7.10. The zero-order chi connectivity index (χ0) is 12.2. The lowest BCUT2D eigenvalue weighted by Gasteiger charge is -2.24. The van der Waals surface area contributed by atoms with Gasteiger partial charge in [-0.1, -0.05) is 13.0 Å². The molecule has 0 saturated heterocycles. The Bertz CT molecular complexity index is 333. The lowest BCUT2D eigenvalue weighted by Crippen LogP contribution is -2.41. The fourth-order valence-corrected chi connectivity index (χ4v) is 2.29. The van der Waals surface area contributed by atoms with Crippen molar-refractivity contribution in [3.8, 4) is 0 Å². The Balaban J connectivity index is 2.56. The largest absolute Gasteiger partial charge is 0.369 e. The van der Waals surface area contributed by atoms with Gasteiger partial charge in [0, 0.05) is 17.5 Å². The fraction of sp³-hybridized carbons (Fsp3) is 0.583. The topological polar surface area (TPSA) is 55.1 Å². The van der Waals surface area contributed by atoms with Gasteiger partial charge in [0.25, 0.3) is 0 Å². The van der Waals surface area contributed by atoms with Crippen LogP contribution in [0, 0.1) is 5.41 Å². The van der Waals surface area contributed by atoms with E-state index in [0.717, 1.165) is 6.42 Å². The van der Waals surface area contributed by atoms with Gasteiger partial charge in [-0.25, -0.2) is 0 Å². The molecule has 1 amide bonds. The van der Waals surface area contributed by atoms with Gasteiger partial charge in [-0.3, -0.25) is 4.79 Å². The average molecular weight is 240 g/mol. The van der Waals surface area contributed by atoms with Gasteiger partial charge in [-0.05, 0) is 31.7 Å². The van der Waals surface area contributed by atoms with Crippen molar-refractivity contribution in [2.24, 2.45) is 11.1 Å². The molecule has 0 spiro atoms. The van der Waals surface area contributed by atoms with Crippen LogP contribution in [0.25, 0.3) is 0 Å². The van der Waals surface area contributed by atoms with Crippen LogP contribution in [0.4, 0.5) is 0 Å².